The molecule has 1 saturated carbocycles. The van der Waals surface area contributed by atoms with Gasteiger partial charge in [-0.15, -0.1) is 0 Å². The van der Waals surface area contributed by atoms with Gasteiger partial charge in [0.05, 0.1) is 18.7 Å². The standard InChI is InChI=1S/C18H18N2O3/c21-17-10-15(14-5-1-2-6-16(14)19-17)18(22)20(12-7-8-12)11-13-4-3-9-23-13/h1-6,9,12,15H,7-8,10-11H2,(H,19,21). The summed E-state index contributed by atoms with van der Waals surface area (Å²) in [5, 5.41) is 2.85. The molecule has 1 aromatic carbocycles. The number of furan rings is 1. The third-order valence-electron chi connectivity index (χ3n) is 4.47. The van der Waals surface area contributed by atoms with E-state index in [-0.39, 0.29) is 24.3 Å². The fourth-order valence-corrected chi connectivity index (χ4v) is 3.18. The second kappa shape index (κ2) is 5.57. The van der Waals surface area contributed by atoms with Gasteiger partial charge < -0.3 is 14.6 Å². The molecule has 1 aliphatic heterocycles. The number of hydrogen-bond donors (Lipinski definition) is 1. The van der Waals surface area contributed by atoms with Crippen LogP contribution in [0.2, 0.25) is 0 Å². The van der Waals surface area contributed by atoms with Crippen molar-refractivity contribution in [2.45, 2.75) is 37.8 Å². The van der Waals surface area contributed by atoms with E-state index in [0.29, 0.717) is 6.54 Å². The van der Waals surface area contributed by atoms with Crippen molar-refractivity contribution in [2.75, 3.05) is 5.32 Å². The van der Waals surface area contributed by atoms with Gasteiger partial charge in [0.2, 0.25) is 11.8 Å². The van der Waals surface area contributed by atoms with Crippen molar-refractivity contribution in [1.82, 2.24) is 4.90 Å². The second-order valence-electron chi connectivity index (χ2n) is 6.17. The highest BCUT2D eigenvalue weighted by Crippen LogP contribution is 2.37. The first-order valence-electron chi connectivity index (χ1n) is 7.94. The van der Waals surface area contributed by atoms with Crippen LogP contribution in [0.4, 0.5) is 5.69 Å². The van der Waals surface area contributed by atoms with Gasteiger partial charge in [0.15, 0.2) is 0 Å². The van der Waals surface area contributed by atoms with Crippen LogP contribution >= 0.6 is 0 Å². The van der Waals surface area contributed by atoms with Gasteiger partial charge in [-0.3, -0.25) is 9.59 Å². The minimum absolute atomic E-state index is 0.0196. The number of carbonyl (C=O) groups is 2. The zero-order valence-electron chi connectivity index (χ0n) is 12.7. The highest BCUT2D eigenvalue weighted by molar-refractivity contribution is 6.01. The Morgan fingerprint density at radius 1 is 1.22 bits per heavy atom. The number of nitrogens with one attached hydrogen (secondary N) is 1. The fourth-order valence-electron chi connectivity index (χ4n) is 3.18. The van der Waals surface area contributed by atoms with Crippen LogP contribution in [0.1, 0.15) is 36.5 Å². The summed E-state index contributed by atoms with van der Waals surface area (Å²) in [5.74, 6) is 0.288. The molecule has 1 fully saturated rings. The molecule has 2 aromatic rings. The van der Waals surface area contributed by atoms with Gasteiger partial charge in [-0.05, 0) is 36.6 Å². The summed E-state index contributed by atoms with van der Waals surface area (Å²) in [5.41, 5.74) is 1.65. The maximum Gasteiger partial charge on any atom is 0.231 e. The van der Waals surface area contributed by atoms with E-state index in [0.717, 1.165) is 29.9 Å². The molecule has 1 aromatic heterocycles. The second-order valence-corrected chi connectivity index (χ2v) is 6.17. The van der Waals surface area contributed by atoms with E-state index in [1.54, 1.807) is 6.26 Å². The summed E-state index contributed by atoms with van der Waals surface area (Å²) in [6.07, 6.45) is 3.87. The number of hydrogen-bond acceptors (Lipinski definition) is 3. The Labute approximate surface area is 134 Å². The third-order valence-corrected chi connectivity index (χ3v) is 4.47. The summed E-state index contributed by atoms with van der Waals surface area (Å²) < 4.78 is 5.40. The minimum Gasteiger partial charge on any atom is -0.467 e. The molecule has 23 heavy (non-hydrogen) atoms. The Morgan fingerprint density at radius 2 is 2.04 bits per heavy atom. The molecule has 1 atom stereocenters. The quantitative estimate of drug-likeness (QED) is 0.944. The van der Waals surface area contributed by atoms with Gasteiger partial charge in [0, 0.05) is 18.2 Å². The van der Waals surface area contributed by atoms with Crippen LogP contribution in [0, 0.1) is 0 Å². The average molecular weight is 310 g/mol. The zero-order valence-corrected chi connectivity index (χ0v) is 12.7. The first-order valence-corrected chi connectivity index (χ1v) is 7.94. The lowest BCUT2D eigenvalue weighted by molar-refractivity contribution is -0.136. The van der Waals surface area contributed by atoms with Gasteiger partial charge >= 0.3 is 0 Å². The number of amides is 2. The Hall–Kier alpha value is -2.56. The van der Waals surface area contributed by atoms with E-state index in [4.69, 9.17) is 4.42 Å². The van der Waals surface area contributed by atoms with E-state index in [9.17, 15) is 9.59 Å². The summed E-state index contributed by atoms with van der Waals surface area (Å²) >= 11 is 0. The number of nitrogens with zero attached hydrogens (tertiary/aromatic N) is 1. The van der Waals surface area contributed by atoms with Crippen molar-refractivity contribution in [2.24, 2.45) is 0 Å². The molecule has 0 saturated heterocycles. The van der Waals surface area contributed by atoms with Crippen molar-refractivity contribution in [3.05, 3.63) is 54.0 Å². The monoisotopic (exact) mass is 310 g/mol. The van der Waals surface area contributed by atoms with E-state index >= 15 is 0 Å². The fraction of sp³-hybridized carbons (Fsp3) is 0.333. The van der Waals surface area contributed by atoms with E-state index in [2.05, 4.69) is 5.32 Å². The number of rotatable bonds is 4. The lowest BCUT2D eigenvalue weighted by Gasteiger charge is -2.30. The Balaban J connectivity index is 1.63. The highest BCUT2D eigenvalue weighted by Gasteiger charge is 2.39. The van der Waals surface area contributed by atoms with Crippen LogP contribution in [-0.2, 0) is 16.1 Å². The maximum atomic E-state index is 13.1. The Bertz CT molecular complexity index is 734. The molecule has 118 valence electrons. The van der Waals surface area contributed by atoms with E-state index < -0.39 is 5.92 Å². The lowest BCUT2D eigenvalue weighted by atomic mass is 9.89. The number of anilines is 1. The van der Waals surface area contributed by atoms with Gasteiger partial charge in [-0.25, -0.2) is 0 Å². The largest absolute Gasteiger partial charge is 0.467 e. The first kappa shape index (κ1) is 14.1. The molecule has 2 amide bonds. The predicted molar refractivity (Wildman–Crippen MR) is 84.7 cm³/mol. The van der Waals surface area contributed by atoms with Crippen molar-refractivity contribution in [3.8, 4) is 0 Å². The predicted octanol–water partition coefficient (Wildman–Crippen LogP) is 2.90. The first-order chi connectivity index (χ1) is 11.2. The van der Waals surface area contributed by atoms with Crippen LogP contribution in [0.5, 0.6) is 0 Å². The average Bonchev–Trinajstić information content (AvgIpc) is 3.27. The van der Waals surface area contributed by atoms with Gasteiger partial charge in [-0.1, -0.05) is 18.2 Å². The van der Waals surface area contributed by atoms with Crippen molar-refractivity contribution in [3.63, 3.8) is 0 Å². The van der Waals surface area contributed by atoms with Gasteiger partial charge in [-0.2, -0.15) is 0 Å². The number of carbonyl (C=O) groups excluding carboxylic acids is 2. The molecule has 2 aliphatic rings. The Kier molecular flexibility index (Phi) is 3.41. The van der Waals surface area contributed by atoms with E-state index in [1.165, 1.54) is 0 Å². The van der Waals surface area contributed by atoms with Crippen LogP contribution in [0.3, 0.4) is 0 Å². The molecule has 0 bridgehead atoms. The van der Waals surface area contributed by atoms with Crippen LogP contribution in [-0.4, -0.2) is 22.8 Å². The molecule has 1 unspecified atom stereocenters. The molecular weight excluding hydrogens is 292 g/mol. The molecule has 1 N–H and O–H groups in total. The van der Waals surface area contributed by atoms with Crippen molar-refractivity contribution in [1.29, 1.82) is 0 Å². The molecule has 0 spiro atoms. The molecular formula is C18H18N2O3. The van der Waals surface area contributed by atoms with E-state index in [1.807, 2.05) is 41.3 Å². The number of fused-ring (bicyclic) bond motifs is 1. The smallest absolute Gasteiger partial charge is 0.231 e. The van der Waals surface area contributed by atoms with Crippen molar-refractivity contribution >= 4 is 17.5 Å². The normalized spacial score (nSPS) is 19.8. The van der Waals surface area contributed by atoms with Gasteiger partial charge in [0.25, 0.3) is 0 Å². The third kappa shape index (κ3) is 2.74. The molecule has 4 rings (SSSR count). The number of benzene rings is 1. The summed E-state index contributed by atoms with van der Waals surface area (Å²) in [4.78, 5) is 27.0. The summed E-state index contributed by atoms with van der Waals surface area (Å²) in [7, 11) is 0. The molecule has 0 radical (unpaired) electrons. The molecule has 5 heteroatoms. The van der Waals surface area contributed by atoms with Crippen LogP contribution in [0.15, 0.2) is 47.1 Å². The van der Waals surface area contributed by atoms with Crippen LogP contribution < -0.4 is 5.32 Å². The summed E-state index contributed by atoms with van der Waals surface area (Å²) in [6, 6.07) is 11.5. The molecule has 2 heterocycles. The Morgan fingerprint density at radius 3 is 2.78 bits per heavy atom. The van der Waals surface area contributed by atoms with Gasteiger partial charge in [0.1, 0.15) is 5.76 Å². The highest BCUT2D eigenvalue weighted by atomic mass is 16.3. The van der Waals surface area contributed by atoms with Crippen molar-refractivity contribution < 1.29 is 14.0 Å². The lowest BCUT2D eigenvalue weighted by Crippen LogP contribution is -2.39. The minimum atomic E-state index is -0.407. The molecule has 1 aliphatic carbocycles. The number of para-hydroxylation sites is 1. The van der Waals surface area contributed by atoms with Crippen LogP contribution in [0.25, 0.3) is 0 Å². The zero-order chi connectivity index (χ0) is 15.8. The maximum absolute atomic E-state index is 13.1. The SMILES string of the molecule is O=C1CC(C(=O)N(Cc2ccco2)C2CC2)c2ccccc2N1. The molecule has 5 nitrogen and oxygen atoms in total. The topological polar surface area (TPSA) is 62.6 Å². The summed E-state index contributed by atoms with van der Waals surface area (Å²) in [6.45, 7) is 0.469.